The Morgan fingerprint density at radius 1 is 1.70 bits per heavy atom. The van der Waals surface area contributed by atoms with E-state index in [1.165, 1.54) is 11.3 Å². The van der Waals surface area contributed by atoms with Gasteiger partial charge in [-0.2, -0.15) is 0 Å². The molecule has 1 N–H and O–H groups in total. The van der Waals surface area contributed by atoms with Crippen molar-refractivity contribution in [3.63, 3.8) is 0 Å². The van der Waals surface area contributed by atoms with Crippen LogP contribution in [-0.2, 0) is 0 Å². The number of oxime groups is 1. The molecule has 0 fully saturated rings. The molecular formula is C6H6ClNOS. The van der Waals surface area contributed by atoms with E-state index >= 15 is 0 Å². The first-order valence-corrected chi connectivity index (χ1v) is 3.88. The van der Waals surface area contributed by atoms with Gasteiger partial charge in [0, 0.05) is 0 Å². The summed E-state index contributed by atoms with van der Waals surface area (Å²) in [5.41, 5.74) is 0.594. The number of rotatable bonds is 1. The molecule has 10 heavy (non-hydrogen) atoms. The molecule has 0 aliphatic carbocycles. The highest BCUT2D eigenvalue weighted by molar-refractivity contribution is 7.18. The van der Waals surface area contributed by atoms with Gasteiger partial charge in [-0.05, 0) is 19.1 Å². The van der Waals surface area contributed by atoms with Gasteiger partial charge in [0.05, 0.1) is 14.9 Å². The summed E-state index contributed by atoms with van der Waals surface area (Å²) in [7, 11) is 0. The lowest BCUT2D eigenvalue weighted by Gasteiger charge is -1.87. The fourth-order valence-corrected chi connectivity index (χ4v) is 1.54. The lowest BCUT2D eigenvalue weighted by Crippen LogP contribution is -1.87. The van der Waals surface area contributed by atoms with E-state index in [1.807, 2.05) is 6.07 Å². The Labute approximate surface area is 67.7 Å². The minimum Gasteiger partial charge on any atom is -0.411 e. The fourth-order valence-electron chi connectivity index (χ4n) is 0.558. The van der Waals surface area contributed by atoms with Gasteiger partial charge in [0.25, 0.3) is 0 Å². The van der Waals surface area contributed by atoms with Gasteiger partial charge < -0.3 is 5.21 Å². The highest BCUT2D eigenvalue weighted by Gasteiger charge is 2.00. The molecule has 0 radical (unpaired) electrons. The standard InChI is InChI=1S/C6H6ClNOS/c1-4(8-9)5-2-3-6(7)10-5/h2-3,9H,1H3/b8-4+. The maximum atomic E-state index is 8.35. The quantitative estimate of drug-likeness (QED) is 0.397. The van der Waals surface area contributed by atoms with Gasteiger partial charge in [0.2, 0.25) is 0 Å². The zero-order valence-corrected chi connectivity index (χ0v) is 6.91. The van der Waals surface area contributed by atoms with Gasteiger partial charge in [0.1, 0.15) is 0 Å². The van der Waals surface area contributed by atoms with Gasteiger partial charge in [0.15, 0.2) is 0 Å². The van der Waals surface area contributed by atoms with Crippen LogP contribution in [0.25, 0.3) is 0 Å². The van der Waals surface area contributed by atoms with Crippen LogP contribution in [0.15, 0.2) is 17.3 Å². The SMILES string of the molecule is C/C(=N\O)c1ccc(Cl)s1. The molecule has 1 aromatic heterocycles. The van der Waals surface area contributed by atoms with Crippen molar-refractivity contribution in [2.45, 2.75) is 6.92 Å². The fraction of sp³-hybridized carbons (Fsp3) is 0.167. The summed E-state index contributed by atoms with van der Waals surface area (Å²) in [4.78, 5) is 0.896. The molecule has 0 aliphatic rings. The number of halogens is 1. The Balaban J connectivity index is 2.95. The second-order valence-electron chi connectivity index (χ2n) is 1.79. The lowest BCUT2D eigenvalue weighted by atomic mass is 10.3. The van der Waals surface area contributed by atoms with E-state index in [1.54, 1.807) is 13.0 Å². The molecule has 0 saturated heterocycles. The molecule has 1 aromatic rings. The van der Waals surface area contributed by atoms with Crippen LogP contribution in [0.5, 0.6) is 0 Å². The molecule has 0 atom stereocenters. The average Bonchev–Trinajstić information content (AvgIpc) is 2.34. The highest BCUT2D eigenvalue weighted by atomic mass is 35.5. The molecule has 54 valence electrons. The maximum Gasteiger partial charge on any atom is 0.0936 e. The van der Waals surface area contributed by atoms with E-state index in [9.17, 15) is 0 Å². The van der Waals surface area contributed by atoms with E-state index in [0.29, 0.717) is 10.0 Å². The summed E-state index contributed by atoms with van der Waals surface area (Å²) in [6, 6.07) is 3.60. The Morgan fingerprint density at radius 2 is 2.40 bits per heavy atom. The Bertz CT molecular complexity index is 256. The number of hydrogen-bond acceptors (Lipinski definition) is 3. The molecule has 1 rings (SSSR count). The zero-order valence-electron chi connectivity index (χ0n) is 5.34. The van der Waals surface area contributed by atoms with E-state index in [2.05, 4.69) is 5.16 Å². The average molecular weight is 176 g/mol. The third kappa shape index (κ3) is 1.49. The van der Waals surface area contributed by atoms with Crippen LogP contribution >= 0.6 is 22.9 Å². The van der Waals surface area contributed by atoms with Crippen LogP contribution in [0.1, 0.15) is 11.8 Å². The summed E-state index contributed by atoms with van der Waals surface area (Å²) in [5, 5.41) is 11.4. The summed E-state index contributed by atoms with van der Waals surface area (Å²) >= 11 is 7.04. The molecule has 0 aromatic carbocycles. The Kier molecular flexibility index (Phi) is 2.29. The normalized spacial score (nSPS) is 12.0. The van der Waals surface area contributed by atoms with Crippen molar-refractivity contribution in [1.82, 2.24) is 0 Å². The maximum absolute atomic E-state index is 8.35. The molecule has 0 unspecified atom stereocenters. The number of hydrogen-bond donors (Lipinski definition) is 1. The summed E-state index contributed by atoms with van der Waals surface area (Å²) in [5.74, 6) is 0. The van der Waals surface area contributed by atoms with Gasteiger partial charge in [-0.1, -0.05) is 16.8 Å². The molecule has 0 aliphatic heterocycles. The van der Waals surface area contributed by atoms with Crippen molar-refractivity contribution in [3.05, 3.63) is 21.3 Å². The third-order valence-electron chi connectivity index (χ3n) is 1.08. The van der Waals surface area contributed by atoms with Gasteiger partial charge in [-0.15, -0.1) is 11.3 Å². The number of thiophene rings is 1. The predicted octanol–water partition coefficient (Wildman–Crippen LogP) is 2.60. The second kappa shape index (κ2) is 3.03. The largest absolute Gasteiger partial charge is 0.411 e. The van der Waals surface area contributed by atoms with Crippen LogP contribution in [0, 0.1) is 0 Å². The first kappa shape index (κ1) is 7.57. The first-order chi connectivity index (χ1) is 4.74. The van der Waals surface area contributed by atoms with Gasteiger partial charge in [-0.25, -0.2) is 0 Å². The Hall–Kier alpha value is -0.540. The minimum absolute atomic E-state index is 0.594. The van der Waals surface area contributed by atoms with Crippen molar-refractivity contribution in [1.29, 1.82) is 0 Å². The monoisotopic (exact) mass is 175 g/mol. The van der Waals surface area contributed by atoms with Crippen molar-refractivity contribution >= 4 is 28.6 Å². The molecule has 0 bridgehead atoms. The molecule has 1 heterocycles. The smallest absolute Gasteiger partial charge is 0.0936 e. The topological polar surface area (TPSA) is 32.6 Å². The Morgan fingerprint density at radius 3 is 2.80 bits per heavy atom. The minimum atomic E-state index is 0.594. The van der Waals surface area contributed by atoms with Crippen LogP contribution in [0.4, 0.5) is 0 Å². The summed E-state index contributed by atoms with van der Waals surface area (Å²) < 4.78 is 0.706. The van der Waals surface area contributed by atoms with Crippen LogP contribution < -0.4 is 0 Å². The first-order valence-electron chi connectivity index (χ1n) is 2.68. The molecule has 4 heteroatoms. The van der Waals surface area contributed by atoms with Crippen molar-refractivity contribution in [3.8, 4) is 0 Å². The summed E-state index contributed by atoms with van der Waals surface area (Å²) in [6.45, 7) is 1.72. The van der Waals surface area contributed by atoms with Crippen molar-refractivity contribution in [2.75, 3.05) is 0 Å². The zero-order chi connectivity index (χ0) is 7.56. The second-order valence-corrected chi connectivity index (χ2v) is 3.50. The van der Waals surface area contributed by atoms with Crippen molar-refractivity contribution < 1.29 is 5.21 Å². The predicted molar refractivity (Wildman–Crippen MR) is 43.3 cm³/mol. The molecular weight excluding hydrogens is 170 g/mol. The third-order valence-corrected chi connectivity index (χ3v) is 2.42. The number of nitrogens with zero attached hydrogens (tertiary/aromatic N) is 1. The highest BCUT2D eigenvalue weighted by Crippen LogP contribution is 2.21. The van der Waals surface area contributed by atoms with E-state index < -0.39 is 0 Å². The van der Waals surface area contributed by atoms with Gasteiger partial charge in [-0.3, -0.25) is 0 Å². The molecule has 0 amide bonds. The molecule has 2 nitrogen and oxygen atoms in total. The van der Waals surface area contributed by atoms with E-state index in [0.717, 1.165) is 4.88 Å². The van der Waals surface area contributed by atoms with E-state index in [4.69, 9.17) is 16.8 Å². The van der Waals surface area contributed by atoms with Crippen LogP contribution in [-0.4, -0.2) is 10.9 Å². The molecule has 0 saturated carbocycles. The van der Waals surface area contributed by atoms with Crippen LogP contribution in [0.3, 0.4) is 0 Å². The van der Waals surface area contributed by atoms with Gasteiger partial charge >= 0.3 is 0 Å². The molecule has 0 spiro atoms. The summed E-state index contributed by atoms with van der Waals surface area (Å²) in [6.07, 6.45) is 0. The van der Waals surface area contributed by atoms with Crippen molar-refractivity contribution in [2.24, 2.45) is 5.16 Å². The lowest BCUT2D eigenvalue weighted by molar-refractivity contribution is 0.319. The van der Waals surface area contributed by atoms with Crippen LogP contribution in [0.2, 0.25) is 4.34 Å². The van der Waals surface area contributed by atoms with E-state index in [-0.39, 0.29) is 0 Å².